The van der Waals surface area contributed by atoms with E-state index in [-0.39, 0.29) is 13.0 Å². The van der Waals surface area contributed by atoms with E-state index in [0.717, 1.165) is 0 Å². The van der Waals surface area contributed by atoms with Crippen LogP contribution in [0.2, 0.25) is 0 Å². The molecule has 0 saturated carbocycles. The average Bonchev–Trinajstić information content (AvgIpc) is 1.87. The van der Waals surface area contributed by atoms with E-state index in [4.69, 9.17) is 10.2 Å². The molecule has 6 heteroatoms. The predicted octanol–water partition coefficient (Wildman–Crippen LogP) is -1.52. The maximum absolute atomic E-state index is 10.1. The third-order valence-electron chi connectivity index (χ3n) is 0.949. The normalized spacial score (nSPS) is 11.0. The number of carbonyl (C=O) groups excluding carboxylic acids is 1. The van der Waals surface area contributed by atoms with Crippen molar-refractivity contribution < 1.29 is 19.8 Å². The number of carboxylic acids is 1. The molecule has 0 aliphatic rings. The van der Waals surface area contributed by atoms with Crippen LogP contribution in [0, 0.1) is 0 Å². The van der Waals surface area contributed by atoms with E-state index in [1.807, 2.05) is 5.32 Å². The van der Waals surface area contributed by atoms with E-state index in [1.165, 1.54) is 6.41 Å². The summed E-state index contributed by atoms with van der Waals surface area (Å²) in [6, 6.07) is -1.03. The number of carboxylic acid groups (broad SMARTS) is 1. The average molecular weight is 403 g/mol. The van der Waals surface area contributed by atoms with Gasteiger partial charge < -0.3 is 20.3 Å². The molecule has 0 rings (SSSR count). The topological polar surface area (TPSA) is 86.6 Å². The standard InChI is InChI=1S/C5H8NO4.Fm/c7-2-1-4(5(9)10)6-3-8;/h4,7H,1-2H2,(H,6,8)(H,9,10);/q-1;. The van der Waals surface area contributed by atoms with Crippen molar-refractivity contribution in [1.82, 2.24) is 5.32 Å². The molecule has 0 spiro atoms. The van der Waals surface area contributed by atoms with Gasteiger partial charge in [-0.2, -0.15) is 6.41 Å². The van der Waals surface area contributed by atoms with E-state index < -0.39 is 12.0 Å². The van der Waals surface area contributed by atoms with Gasteiger partial charge in [0.05, 0.1) is 6.04 Å². The van der Waals surface area contributed by atoms with Gasteiger partial charge in [-0.15, -0.1) is 0 Å². The summed E-state index contributed by atoms with van der Waals surface area (Å²) >= 11 is 0. The Balaban J connectivity index is 0. The Morgan fingerprint density at radius 3 is 2.45 bits per heavy atom. The molecule has 1 amide bonds. The maximum Gasteiger partial charge on any atom is 0.323 e. The Hall–Kier alpha value is -2.10. The number of aliphatic carboxylic acids is 1. The van der Waals surface area contributed by atoms with E-state index in [9.17, 15) is 9.59 Å². The van der Waals surface area contributed by atoms with Gasteiger partial charge in [-0.05, 0) is 6.42 Å². The van der Waals surface area contributed by atoms with Crippen molar-refractivity contribution >= 4 is 12.4 Å². The summed E-state index contributed by atoms with van der Waals surface area (Å²) in [4.78, 5) is 19.7. The summed E-state index contributed by atoms with van der Waals surface area (Å²) in [6.45, 7) is -0.272. The van der Waals surface area contributed by atoms with Crippen LogP contribution in [0.1, 0.15) is 6.42 Å². The molecular weight excluding hydrogens is 395 g/mol. The molecule has 1 unspecified atom stereocenters. The summed E-state index contributed by atoms with van der Waals surface area (Å²) in [5.74, 6) is -1.17. The Morgan fingerprint density at radius 2 is 2.18 bits per heavy atom. The summed E-state index contributed by atoms with van der Waals surface area (Å²) in [5.41, 5.74) is 0. The molecule has 3 N–H and O–H groups in total. The molecule has 0 aromatic rings. The number of amides is 1. The quantitative estimate of drug-likeness (QED) is 0.385. The van der Waals surface area contributed by atoms with Gasteiger partial charge in [0.25, 0.3) is 0 Å². The fourth-order valence-electron chi connectivity index (χ4n) is 0.458. The third-order valence-corrected chi connectivity index (χ3v) is 0.949. The largest absolute Gasteiger partial charge is 0.520 e. The molecule has 0 aliphatic carbocycles. The molecule has 0 heterocycles. The molecular formula is C5H8FmNO4-. The van der Waals surface area contributed by atoms with Gasteiger partial charge in [-0.25, -0.2) is 0 Å². The molecule has 5 nitrogen and oxygen atoms in total. The van der Waals surface area contributed by atoms with Crippen molar-refractivity contribution in [3.05, 3.63) is 0 Å². The first kappa shape index (κ1) is 11.7. The molecule has 70 valence electrons. The van der Waals surface area contributed by atoms with Crippen LogP contribution >= 0.6 is 0 Å². The van der Waals surface area contributed by atoms with Crippen molar-refractivity contribution in [2.75, 3.05) is 6.61 Å². The van der Waals surface area contributed by atoms with Crippen LogP contribution in [0.4, 0.5) is 0 Å². The summed E-state index contributed by atoms with van der Waals surface area (Å²) in [5, 5.41) is 18.5. The van der Waals surface area contributed by atoms with Crippen molar-refractivity contribution in [3.8, 4) is 0 Å². The van der Waals surface area contributed by atoms with Crippen molar-refractivity contribution in [2.45, 2.75) is 12.5 Å². The fraction of sp³-hybridized carbons (Fsp3) is 0.600. The minimum absolute atomic E-state index is 0. The van der Waals surface area contributed by atoms with Crippen LogP contribution in [0.3, 0.4) is 0 Å². The second-order valence-corrected chi connectivity index (χ2v) is 1.65. The van der Waals surface area contributed by atoms with Gasteiger partial charge in [-0.3, -0.25) is 4.79 Å². The summed E-state index contributed by atoms with van der Waals surface area (Å²) in [7, 11) is 0. The molecule has 0 bridgehead atoms. The van der Waals surface area contributed by atoms with E-state index in [2.05, 4.69) is 0 Å². The first-order valence-corrected chi connectivity index (χ1v) is 2.68. The number of aliphatic hydroxyl groups excluding tert-OH is 1. The molecule has 0 radical (unpaired) electrons. The first-order chi connectivity index (χ1) is 4.72. The second-order valence-electron chi connectivity index (χ2n) is 1.65. The van der Waals surface area contributed by atoms with Gasteiger partial charge in [0.15, 0.2) is 0 Å². The minimum Gasteiger partial charge on any atom is -0.520 e. The number of hydrogen-bond donors (Lipinski definition) is 3. The van der Waals surface area contributed by atoms with E-state index >= 15 is 0 Å². The number of aliphatic hydroxyl groups is 1. The van der Waals surface area contributed by atoms with Gasteiger partial charge >= 0.3 is 5.97 Å². The SMILES string of the molecule is O=[C-]NC(CCO)C(=O)O.[Fm]. The van der Waals surface area contributed by atoms with Crippen LogP contribution in [-0.2, 0) is 9.59 Å². The monoisotopic (exact) mass is 403 g/mol. The van der Waals surface area contributed by atoms with Crippen molar-refractivity contribution in [1.29, 1.82) is 0 Å². The molecule has 0 fully saturated rings. The summed E-state index contributed by atoms with van der Waals surface area (Å²) in [6.07, 6.45) is 1.25. The van der Waals surface area contributed by atoms with Gasteiger partial charge in [0, 0.05) is 6.61 Å². The maximum atomic E-state index is 10.1. The van der Waals surface area contributed by atoms with Crippen molar-refractivity contribution in [3.63, 3.8) is 0 Å². The Kier molecular flexibility index (Phi) is 6.39. The van der Waals surface area contributed by atoms with Crippen molar-refractivity contribution in [2.24, 2.45) is 0 Å². The smallest absolute Gasteiger partial charge is 0.323 e. The van der Waals surface area contributed by atoms with E-state index in [0.29, 0.717) is 0 Å². The molecule has 0 aromatic carbocycles. The summed E-state index contributed by atoms with van der Waals surface area (Å²) < 4.78 is 0. The zero-order chi connectivity index (χ0) is 7.98. The van der Waals surface area contributed by atoms with Crippen LogP contribution in [-0.4, -0.2) is 35.2 Å². The van der Waals surface area contributed by atoms with Gasteiger partial charge in [-0.1, -0.05) is 0 Å². The number of hydrogen-bond acceptors (Lipinski definition) is 3. The zero-order valence-corrected chi connectivity index (χ0v) is 7.90. The Morgan fingerprint density at radius 1 is 1.64 bits per heavy atom. The molecule has 11 heavy (non-hydrogen) atoms. The molecule has 0 aromatic heterocycles. The predicted molar refractivity (Wildman–Crippen MR) is 32.0 cm³/mol. The molecule has 0 saturated heterocycles. The van der Waals surface area contributed by atoms with Gasteiger partial charge in [0.2, 0.25) is 0 Å². The van der Waals surface area contributed by atoms with Crippen LogP contribution < -0.4 is 5.32 Å². The number of nitrogens with one attached hydrogen (secondary N) is 1. The molecule has 0 aliphatic heterocycles. The first-order valence-electron chi connectivity index (χ1n) is 2.68. The molecule has 1 atom stereocenters. The second kappa shape index (κ2) is 6.03. The zero-order valence-electron chi connectivity index (χ0n) is 5.49. The van der Waals surface area contributed by atoms with Crippen LogP contribution in [0.5, 0.6) is 0 Å². The number of carbonyl (C=O) groups is 1. The van der Waals surface area contributed by atoms with Crippen LogP contribution in [0.15, 0.2) is 0 Å². The Bertz CT molecular complexity index is 130. The third kappa shape index (κ3) is 4.41. The number of rotatable bonds is 5. The van der Waals surface area contributed by atoms with E-state index in [1.54, 1.807) is 0 Å². The Labute approximate surface area is 57.7 Å². The van der Waals surface area contributed by atoms with Gasteiger partial charge in [0.1, 0.15) is 0 Å². The fourth-order valence-corrected chi connectivity index (χ4v) is 0.458. The minimum atomic E-state index is -1.17. The van der Waals surface area contributed by atoms with Crippen LogP contribution in [0.25, 0.3) is 0 Å².